The zero-order valence-electron chi connectivity index (χ0n) is 8.51. The van der Waals surface area contributed by atoms with Gasteiger partial charge in [-0.15, -0.1) is 18.2 Å². The van der Waals surface area contributed by atoms with Crippen LogP contribution in [0.5, 0.6) is 0 Å². The fraction of sp³-hybridized carbons (Fsp3) is 0.300. The lowest BCUT2D eigenvalue weighted by atomic mass is 10.3. The second-order valence-corrected chi connectivity index (χ2v) is 3.89. The van der Waals surface area contributed by atoms with Gasteiger partial charge in [0, 0.05) is 24.7 Å². The molecule has 0 amide bonds. The van der Waals surface area contributed by atoms with Gasteiger partial charge in [0.05, 0.1) is 11.3 Å². The summed E-state index contributed by atoms with van der Waals surface area (Å²) in [5, 5.41) is 11.6. The molecule has 0 aliphatic carbocycles. The van der Waals surface area contributed by atoms with Crippen LogP contribution in [0.1, 0.15) is 10.4 Å². The van der Waals surface area contributed by atoms with Crippen molar-refractivity contribution in [2.45, 2.75) is 0 Å². The van der Waals surface area contributed by atoms with Crippen LogP contribution in [-0.2, 0) is 0 Å². The lowest BCUT2D eigenvalue weighted by Gasteiger charge is -2.03. The van der Waals surface area contributed by atoms with Gasteiger partial charge in [-0.05, 0) is 0 Å². The average molecular weight is 237 g/mol. The Labute approximate surface area is 97.7 Å². The van der Waals surface area contributed by atoms with E-state index >= 15 is 0 Å². The number of rotatable bonds is 6. The van der Waals surface area contributed by atoms with E-state index in [1.807, 2.05) is 0 Å². The summed E-state index contributed by atoms with van der Waals surface area (Å²) < 4.78 is 0. The molecule has 5 nitrogen and oxygen atoms in total. The molecule has 0 atom stereocenters. The van der Waals surface area contributed by atoms with Crippen molar-refractivity contribution >= 4 is 23.7 Å². The number of aromatic nitrogens is 2. The zero-order valence-corrected chi connectivity index (χ0v) is 9.33. The molecule has 1 aromatic rings. The molecule has 16 heavy (non-hydrogen) atoms. The van der Waals surface area contributed by atoms with Crippen molar-refractivity contribution in [3.8, 4) is 12.3 Å². The van der Waals surface area contributed by atoms with Crippen LogP contribution in [0.3, 0.4) is 0 Å². The minimum atomic E-state index is -1.03. The second-order valence-electron chi connectivity index (χ2n) is 2.78. The summed E-state index contributed by atoms with van der Waals surface area (Å²) in [6.07, 6.45) is 7.64. The Bertz CT molecular complexity index is 386. The molecule has 0 unspecified atom stereocenters. The van der Waals surface area contributed by atoms with E-state index in [4.69, 9.17) is 11.5 Å². The number of carboxylic acid groups (broad SMARTS) is 1. The molecule has 0 fully saturated rings. The Morgan fingerprint density at radius 1 is 1.56 bits per heavy atom. The van der Waals surface area contributed by atoms with Crippen LogP contribution in [0.4, 0.5) is 5.95 Å². The first-order valence-electron chi connectivity index (χ1n) is 4.54. The standard InChI is InChI=1S/C10H11N3O2S/c1-2-4-16-5-3-11-10-12-6-8(7-13-10)9(14)15/h1,6-7H,3-5H2,(H,14,15)(H,11,12,13). The van der Waals surface area contributed by atoms with Crippen LogP contribution in [0.2, 0.25) is 0 Å². The molecule has 0 saturated heterocycles. The van der Waals surface area contributed by atoms with Crippen LogP contribution >= 0.6 is 11.8 Å². The maximum atomic E-state index is 10.5. The third-order valence-corrected chi connectivity index (χ3v) is 2.48. The molecule has 0 aliphatic heterocycles. The van der Waals surface area contributed by atoms with Gasteiger partial charge in [-0.2, -0.15) is 0 Å². The molecule has 0 spiro atoms. The fourth-order valence-electron chi connectivity index (χ4n) is 0.896. The molecule has 2 N–H and O–H groups in total. The van der Waals surface area contributed by atoms with Crippen molar-refractivity contribution in [1.29, 1.82) is 0 Å². The molecule has 6 heteroatoms. The monoisotopic (exact) mass is 237 g/mol. The van der Waals surface area contributed by atoms with Gasteiger partial charge in [-0.3, -0.25) is 0 Å². The highest BCUT2D eigenvalue weighted by atomic mass is 32.2. The normalized spacial score (nSPS) is 9.44. The van der Waals surface area contributed by atoms with Gasteiger partial charge in [0.15, 0.2) is 0 Å². The third-order valence-electron chi connectivity index (χ3n) is 1.61. The number of nitrogens with one attached hydrogen (secondary N) is 1. The largest absolute Gasteiger partial charge is 0.478 e. The molecule has 1 heterocycles. The van der Waals surface area contributed by atoms with Crippen LogP contribution in [0, 0.1) is 12.3 Å². The van der Waals surface area contributed by atoms with E-state index in [2.05, 4.69) is 21.2 Å². The summed E-state index contributed by atoms with van der Waals surface area (Å²) in [5.74, 6) is 3.45. The topological polar surface area (TPSA) is 75.1 Å². The van der Waals surface area contributed by atoms with Crippen molar-refractivity contribution in [1.82, 2.24) is 9.97 Å². The maximum absolute atomic E-state index is 10.5. The molecular formula is C10H11N3O2S. The summed E-state index contributed by atoms with van der Waals surface area (Å²) in [7, 11) is 0. The van der Waals surface area contributed by atoms with Crippen molar-refractivity contribution in [2.75, 3.05) is 23.4 Å². The lowest BCUT2D eigenvalue weighted by Crippen LogP contribution is -2.08. The number of anilines is 1. The van der Waals surface area contributed by atoms with Crippen molar-refractivity contribution in [2.24, 2.45) is 0 Å². The van der Waals surface area contributed by atoms with Crippen molar-refractivity contribution in [3.63, 3.8) is 0 Å². The minimum absolute atomic E-state index is 0.0762. The van der Waals surface area contributed by atoms with Gasteiger partial charge in [0.2, 0.25) is 5.95 Å². The van der Waals surface area contributed by atoms with E-state index < -0.39 is 5.97 Å². The number of thioether (sulfide) groups is 1. The Morgan fingerprint density at radius 2 is 2.25 bits per heavy atom. The van der Waals surface area contributed by atoms with Gasteiger partial charge >= 0.3 is 5.97 Å². The Morgan fingerprint density at radius 3 is 2.81 bits per heavy atom. The predicted molar refractivity (Wildman–Crippen MR) is 63.6 cm³/mol. The van der Waals surface area contributed by atoms with Gasteiger partial charge < -0.3 is 10.4 Å². The van der Waals surface area contributed by atoms with E-state index in [0.717, 1.165) is 5.75 Å². The van der Waals surface area contributed by atoms with E-state index in [1.54, 1.807) is 11.8 Å². The molecule has 0 aromatic carbocycles. The SMILES string of the molecule is C#CCSCCNc1ncc(C(=O)O)cn1. The number of terminal acetylenes is 1. The molecule has 0 radical (unpaired) electrons. The highest BCUT2D eigenvalue weighted by Crippen LogP contribution is 2.01. The first kappa shape index (κ1) is 12.3. The Hall–Kier alpha value is -1.74. The number of carboxylic acids is 1. The number of carbonyl (C=O) groups is 1. The summed E-state index contributed by atoms with van der Waals surface area (Å²) in [5.41, 5.74) is 0.0762. The molecular weight excluding hydrogens is 226 g/mol. The van der Waals surface area contributed by atoms with Gasteiger partial charge in [-0.1, -0.05) is 5.92 Å². The maximum Gasteiger partial charge on any atom is 0.338 e. The quantitative estimate of drug-likeness (QED) is 0.567. The smallest absolute Gasteiger partial charge is 0.338 e. The Kier molecular flexibility index (Phi) is 5.16. The summed E-state index contributed by atoms with van der Waals surface area (Å²) in [6.45, 7) is 0.693. The number of hydrogen-bond acceptors (Lipinski definition) is 5. The van der Waals surface area contributed by atoms with E-state index in [9.17, 15) is 4.79 Å². The van der Waals surface area contributed by atoms with Crippen LogP contribution in [0.25, 0.3) is 0 Å². The Balaban J connectivity index is 2.33. The molecule has 0 aliphatic rings. The van der Waals surface area contributed by atoms with Crippen molar-refractivity contribution in [3.05, 3.63) is 18.0 Å². The molecule has 84 valence electrons. The first-order chi connectivity index (χ1) is 7.74. The number of nitrogens with zero attached hydrogens (tertiary/aromatic N) is 2. The number of hydrogen-bond donors (Lipinski definition) is 2. The molecule has 0 saturated carbocycles. The van der Waals surface area contributed by atoms with Crippen LogP contribution in [-0.4, -0.2) is 39.1 Å². The highest BCUT2D eigenvalue weighted by Gasteiger charge is 2.03. The molecule has 1 rings (SSSR count). The van der Waals surface area contributed by atoms with E-state index in [-0.39, 0.29) is 5.56 Å². The minimum Gasteiger partial charge on any atom is -0.478 e. The first-order valence-corrected chi connectivity index (χ1v) is 5.70. The van der Waals surface area contributed by atoms with Crippen LogP contribution in [0.15, 0.2) is 12.4 Å². The summed E-state index contributed by atoms with van der Waals surface area (Å²) >= 11 is 1.63. The van der Waals surface area contributed by atoms with Gasteiger partial charge in [0.1, 0.15) is 0 Å². The van der Waals surface area contributed by atoms with Crippen molar-refractivity contribution < 1.29 is 9.90 Å². The molecule has 0 bridgehead atoms. The van der Waals surface area contributed by atoms with Gasteiger partial charge in [0.25, 0.3) is 0 Å². The zero-order chi connectivity index (χ0) is 11.8. The summed E-state index contributed by atoms with van der Waals surface area (Å²) in [6, 6.07) is 0. The predicted octanol–water partition coefficient (Wildman–Crippen LogP) is 0.953. The van der Waals surface area contributed by atoms with E-state index in [1.165, 1.54) is 12.4 Å². The third kappa shape index (κ3) is 4.19. The number of aromatic carboxylic acids is 1. The second kappa shape index (κ2) is 6.69. The summed E-state index contributed by atoms with van der Waals surface area (Å²) in [4.78, 5) is 18.3. The van der Waals surface area contributed by atoms with Crippen LogP contribution < -0.4 is 5.32 Å². The highest BCUT2D eigenvalue weighted by molar-refractivity contribution is 7.99. The fourth-order valence-corrected chi connectivity index (χ4v) is 1.40. The average Bonchev–Trinajstić information content (AvgIpc) is 2.29. The van der Waals surface area contributed by atoms with Gasteiger partial charge in [-0.25, -0.2) is 14.8 Å². The molecule has 1 aromatic heterocycles. The lowest BCUT2D eigenvalue weighted by molar-refractivity contribution is 0.0696. The van der Waals surface area contributed by atoms with E-state index in [0.29, 0.717) is 18.2 Å².